The van der Waals surface area contributed by atoms with Crippen molar-refractivity contribution in [3.05, 3.63) is 65.7 Å². The van der Waals surface area contributed by atoms with Gasteiger partial charge >= 0.3 is 6.09 Å². The summed E-state index contributed by atoms with van der Waals surface area (Å²) in [5.41, 5.74) is 4.48. The predicted molar refractivity (Wildman–Crippen MR) is 140 cm³/mol. The zero-order valence-corrected chi connectivity index (χ0v) is 21.9. The maximum atomic E-state index is 13.7. The normalized spacial score (nSPS) is 29.9. The van der Waals surface area contributed by atoms with Crippen LogP contribution in [0.1, 0.15) is 43.4 Å². The number of hydrazone groups is 1. The molecule has 7 atom stereocenters. The molecule has 0 spiro atoms. The van der Waals surface area contributed by atoms with Gasteiger partial charge in [0.1, 0.15) is 12.4 Å². The molecule has 3 N–H and O–H groups in total. The van der Waals surface area contributed by atoms with Crippen LogP contribution < -0.4 is 10.2 Å². The first-order valence-electron chi connectivity index (χ1n) is 13.2. The number of aliphatic hydroxyl groups is 2. The summed E-state index contributed by atoms with van der Waals surface area (Å²) in [6, 6.07) is 16.0. The fraction of sp³-hybridized carbons (Fsp3) is 0.448. The minimum absolute atomic E-state index is 0.0316. The Bertz CT molecular complexity index is 1250. The van der Waals surface area contributed by atoms with Gasteiger partial charge in [-0.2, -0.15) is 5.10 Å². The second-order valence-electron chi connectivity index (χ2n) is 10.4. The zero-order valence-electron chi connectivity index (χ0n) is 21.9. The van der Waals surface area contributed by atoms with Gasteiger partial charge in [0.2, 0.25) is 11.8 Å². The van der Waals surface area contributed by atoms with Gasteiger partial charge in [-0.1, -0.05) is 42.5 Å². The molecular formula is C29H33N3O7. The molecule has 0 radical (unpaired) electrons. The summed E-state index contributed by atoms with van der Waals surface area (Å²) in [5, 5.41) is 25.9. The lowest BCUT2D eigenvalue weighted by molar-refractivity contribution is -0.144. The van der Waals surface area contributed by atoms with E-state index in [0.717, 1.165) is 11.1 Å². The van der Waals surface area contributed by atoms with Gasteiger partial charge in [-0.15, -0.1) is 0 Å². The molecule has 0 unspecified atom stereocenters. The Morgan fingerprint density at radius 3 is 2.44 bits per heavy atom. The van der Waals surface area contributed by atoms with Gasteiger partial charge in [-0.25, -0.2) is 10.2 Å². The lowest BCUT2D eigenvalue weighted by Crippen LogP contribution is -2.55. The average molecular weight is 536 g/mol. The number of carbonyl (C=O) groups excluding carboxylic acids is 3. The average Bonchev–Trinajstić information content (AvgIpc) is 3.22. The third-order valence-corrected chi connectivity index (χ3v) is 8.30. The lowest BCUT2D eigenvalue weighted by atomic mass is 9.60. The first-order valence-corrected chi connectivity index (χ1v) is 13.2. The molecule has 206 valence electrons. The van der Waals surface area contributed by atoms with Crippen molar-refractivity contribution in [2.45, 2.75) is 51.0 Å². The minimum atomic E-state index is -1.19. The third-order valence-electron chi connectivity index (χ3n) is 8.30. The Labute approximate surface area is 226 Å². The van der Waals surface area contributed by atoms with Gasteiger partial charge in [0, 0.05) is 24.0 Å². The van der Waals surface area contributed by atoms with Crippen molar-refractivity contribution in [3.8, 4) is 5.75 Å². The quantitative estimate of drug-likeness (QED) is 0.382. The van der Waals surface area contributed by atoms with E-state index in [9.17, 15) is 24.6 Å². The fourth-order valence-corrected chi connectivity index (χ4v) is 6.30. The summed E-state index contributed by atoms with van der Waals surface area (Å²) >= 11 is 0. The molecule has 3 aliphatic rings. The highest BCUT2D eigenvalue weighted by molar-refractivity contribution is 6.06. The Kier molecular flexibility index (Phi) is 7.67. The maximum absolute atomic E-state index is 13.7. The number of methoxy groups -OCH3 is 1. The Morgan fingerprint density at radius 2 is 1.74 bits per heavy atom. The number of ether oxygens (including phenoxy) is 2. The van der Waals surface area contributed by atoms with Crippen molar-refractivity contribution in [2.75, 3.05) is 7.11 Å². The molecule has 10 nitrogen and oxygen atoms in total. The molecule has 1 heterocycles. The SMILES string of the molecule is COc1ccc(COC(=O)NN=C2C[C@@H](O)[C@@H](O)[C@@H]3[C@H]4C(=O)N([C@@H](C)c5ccccc5)C(=O)[C@@H]4CC[C@H]23)cc1. The van der Waals surface area contributed by atoms with Crippen LogP contribution in [0.4, 0.5) is 4.79 Å². The topological polar surface area (TPSA) is 138 Å². The highest BCUT2D eigenvalue weighted by Crippen LogP contribution is 2.50. The van der Waals surface area contributed by atoms with E-state index in [1.54, 1.807) is 31.4 Å². The fourth-order valence-electron chi connectivity index (χ4n) is 6.30. The van der Waals surface area contributed by atoms with Crippen LogP contribution in [0.25, 0.3) is 0 Å². The van der Waals surface area contributed by atoms with Crippen LogP contribution in [0.5, 0.6) is 5.75 Å². The van der Waals surface area contributed by atoms with Crippen LogP contribution in [-0.4, -0.2) is 58.0 Å². The summed E-state index contributed by atoms with van der Waals surface area (Å²) in [7, 11) is 1.57. The van der Waals surface area contributed by atoms with Crippen molar-refractivity contribution in [2.24, 2.45) is 28.8 Å². The number of aliphatic hydroxyl groups excluding tert-OH is 2. The van der Waals surface area contributed by atoms with Crippen LogP contribution in [0, 0.1) is 23.7 Å². The molecule has 2 aromatic rings. The second-order valence-corrected chi connectivity index (χ2v) is 10.4. The molecule has 5 rings (SSSR count). The van der Waals surface area contributed by atoms with Crippen molar-refractivity contribution in [3.63, 3.8) is 0 Å². The van der Waals surface area contributed by atoms with Gasteiger partial charge in [0.15, 0.2) is 0 Å². The maximum Gasteiger partial charge on any atom is 0.428 e. The Balaban J connectivity index is 1.30. The van der Waals surface area contributed by atoms with E-state index in [4.69, 9.17) is 9.47 Å². The number of hydrogen-bond acceptors (Lipinski definition) is 8. The summed E-state index contributed by atoms with van der Waals surface area (Å²) in [4.78, 5) is 40.7. The number of fused-ring (bicyclic) bond motifs is 3. The first kappa shape index (κ1) is 26.8. The number of hydrogen-bond donors (Lipinski definition) is 3. The summed E-state index contributed by atoms with van der Waals surface area (Å²) in [6.07, 6.45) is -2.12. The Morgan fingerprint density at radius 1 is 1.05 bits per heavy atom. The number of imide groups is 1. The molecule has 2 aliphatic carbocycles. The van der Waals surface area contributed by atoms with Crippen LogP contribution in [-0.2, 0) is 20.9 Å². The van der Waals surface area contributed by atoms with Gasteiger partial charge < -0.3 is 19.7 Å². The predicted octanol–water partition coefficient (Wildman–Crippen LogP) is 2.79. The van der Waals surface area contributed by atoms with E-state index in [0.29, 0.717) is 24.3 Å². The van der Waals surface area contributed by atoms with Crippen LogP contribution >= 0.6 is 0 Å². The number of likely N-dealkylation sites (tertiary alicyclic amines) is 1. The summed E-state index contributed by atoms with van der Waals surface area (Å²) < 4.78 is 10.4. The first-order chi connectivity index (χ1) is 18.8. The highest BCUT2D eigenvalue weighted by Gasteiger charge is 2.60. The van der Waals surface area contributed by atoms with E-state index in [1.165, 1.54) is 4.90 Å². The molecule has 2 saturated carbocycles. The molecule has 3 amide bonds. The second kappa shape index (κ2) is 11.2. The van der Waals surface area contributed by atoms with Crippen LogP contribution in [0.2, 0.25) is 0 Å². The van der Waals surface area contributed by atoms with Gasteiger partial charge in [-0.05, 0) is 43.0 Å². The van der Waals surface area contributed by atoms with Crippen molar-refractivity contribution < 1.29 is 34.1 Å². The van der Waals surface area contributed by atoms with E-state index in [-0.39, 0.29) is 30.8 Å². The zero-order chi connectivity index (χ0) is 27.7. The van der Waals surface area contributed by atoms with Crippen molar-refractivity contribution in [1.29, 1.82) is 0 Å². The standard InChI is InChI=1S/C29H33N3O7/c1-16(18-6-4-3-5-7-18)32-27(35)21-13-12-20-22(14-23(33)26(34)24(20)25(21)28(32)36)30-31-29(37)39-15-17-8-10-19(38-2)11-9-17/h3-11,16,20-21,23-26,33-34H,12-15H2,1-2H3,(H,31,37)/t16-,20+,21+,23+,24-,25-,26+/m0/s1. The van der Waals surface area contributed by atoms with Crippen LogP contribution in [0.3, 0.4) is 0 Å². The molecular weight excluding hydrogens is 502 g/mol. The molecule has 10 heteroatoms. The molecule has 0 aromatic heterocycles. The van der Waals surface area contributed by atoms with Gasteiger partial charge in [-0.3, -0.25) is 14.5 Å². The monoisotopic (exact) mass is 535 g/mol. The van der Waals surface area contributed by atoms with Crippen molar-refractivity contribution >= 4 is 23.6 Å². The molecule has 39 heavy (non-hydrogen) atoms. The molecule has 0 bridgehead atoms. The Hall–Kier alpha value is -3.76. The minimum Gasteiger partial charge on any atom is -0.497 e. The lowest BCUT2D eigenvalue weighted by Gasteiger charge is -2.45. The number of nitrogens with one attached hydrogen (secondary N) is 1. The van der Waals surface area contributed by atoms with Crippen LogP contribution in [0.15, 0.2) is 59.7 Å². The summed E-state index contributed by atoms with van der Waals surface area (Å²) in [5.74, 6) is -2.27. The van der Waals surface area contributed by atoms with Gasteiger partial charge in [0.05, 0.1) is 37.2 Å². The molecule has 3 fully saturated rings. The van der Waals surface area contributed by atoms with Gasteiger partial charge in [0.25, 0.3) is 0 Å². The van der Waals surface area contributed by atoms with E-state index in [2.05, 4.69) is 10.5 Å². The molecule has 1 aliphatic heterocycles. The van der Waals surface area contributed by atoms with E-state index in [1.807, 2.05) is 37.3 Å². The van der Waals surface area contributed by atoms with E-state index < -0.39 is 42.1 Å². The number of amides is 3. The number of benzene rings is 2. The van der Waals surface area contributed by atoms with E-state index >= 15 is 0 Å². The number of nitrogens with zero attached hydrogens (tertiary/aromatic N) is 2. The molecule has 2 aromatic carbocycles. The smallest absolute Gasteiger partial charge is 0.428 e. The largest absolute Gasteiger partial charge is 0.497 e. The molecule has 1 saturated heterocycles. The number of carbonyl (C=O) groups is 3. The highest BCUT2D eigenvalue weighted by atomic mass is 16.6. The number of rotatable bonds is 6. The third kappa shape index (κ3) is 5.14. The van der Waals surface area contributed by atoms with Crippen molar-refractivity contribution in [1.82, 2.24) is 10.3 Å². The summed E-state index contributed by atoms with van der Waals surface area (Å²) in [6.45, 7) is 1.85.